The average Bonchev–Trinajstić information content (AvgIpc) is 2.60. The SMILES string of the molecule is COc1ccc(S(=O)(=O)N[C@H](C)c2cc(C(C)C)c(OC)cc2C)cc1F. The lowest BCUT2D eigenvalue weighted by atomic mass is 9.94. The van der Waals surface area contributed by atoms with E-state index in [2.05, 4.69) is 4.72 Å². The van der Waals surface area contributed by atoms with Gasteiger partial charge in [-0.05, 0) is 66.8 Å². The van der Waals surface area contributed by atoms with Crippen molar-refractivity contribution in [2.45, 2.75) is 44.6 Å². The van der Waals surface area contributed by atoms with Crippen molar-refractivity contribution < 1.29 is 22.3 Å². The van der Waals surface area contributed by atoms with Crippen LogP contribution in [-0.2, 0) is 10.0 Å². The van der Waals surface area contributed by atoms with Crippen molar-refractivity contribution in [3.63, 3.8) is 0 Å². The summed E-state index contributed by atoms with van der Waals surface area (Å²) in [5, 5.41) is 0. The van der Waals surface area contributed by atoms with Gasteiger partial charge in [-0.25, -0.2) is 17.5 Å². The molecule has 0 heterocycles. The van der Waals surface area contributed by atoms with Crippen LogP contribution in [0.1, 0.15) is 49.4 Å². The van der Waals surface area contributed by atoms with Crippen molar-refractivity contribution in [3.05, 3.63) is 52.8 Å². The van der Waals surface area contributed by atoms with E-state index in [0.717, 1.165) is 28.5 Å². The van der Waals surface area contributed by atoms with E-state index in [1.165, 1.54) is 19.2 Å². The lowest BCUT2D eigenvalue weighted by molar-refractivity contribution is 0.385. The van der Waals surface area contributed by atoms with E-state index in [0.29, 0.717) is 0 Å². The molecule has 1 N–H and O–H groups in total. The molecule has 0 bridgehead atoms. The Labute approximate surface area is 160 Å². The first-order chi connectivity index (χ1) is 12.6. The summed E-state index contributed by atoms with van der Waals surface area (Å²) in [6.45, 7) is 7.76. The number of hydrogen-bond donors (Lipinski definition) is 1. The molecule has 0 unspecified atom stereocenters. The molecule has 0 aliphatic rings. The van der Waals surface area contributed by atoms with E-state index in [9.17, 15) is 12.8 Å². The molecule has 7 heteroatoms. The van der Waals surface area contributed by atoms with Crippen molar-refractivity contribution in [2.75, 3.05) is 14.2 Å². The number of sulfonamides is 1. The fourth-order valence-corrected chi connectivity index (χ4v) is 4.22. The van der Waals surface area contributed by atoms with Crippen LogP contribution in [0, 0.1) is 12.7 Å². The summed E-state index contributed by atoms with van der Waals surface area (Å²) in [7, 11) is -0.957. The molecule has 0 saturated heterocycles. The third-order valence-electron chi connectivity index (χ3n) is 4.47. The normalized spacial score (nSPS) is 12.9. The van der Waals surface area contributed by atoms with Gasteiger partial charge in [-0.2, -0.15) is 0 Å². The van der Waals surface area contributed by atoms with Crippen LogP contribution >= 0.6 is 0 Å². The van der Waals surface area contributed by atoms with Crippen LogP contribution < -0.4 is 14.2 Å². The molecule has 0 aliphatic carbocycles. The minimum absolute atomic E-state index is 0.00503. The maximum atomic E-state index is 13.9. The van der Waals surface area contributed by atoms with Gasteiger partial charge in [0, 0.05) is 6.04 Å². The highest BCUT2D eigenvalue weighted by atomic mass is 32.2. The zero-order valence-corrected chi connectivity index (χ0v) is 17.3. The maximum Gasteiger partial charge on any atom is 0.241 e. The van der Waals surface area contributed by atoms with Gasteiger partial charge < -0.3 is 9.47 Å². The van der Waals surface area contributed by atoms with Crippen LogP contribution in [0.5, 0.6) is 11.5 Å². The Morgan fingerprint density at radius 3 is 2.11 bits per heavy atom. The minimum Gasteiger partial charge on any atom is -0.496 e. The standard InChI is InChI=1S/C20H26FNO4S/c1-12(2)16-11-17(13(3)9-20(16)26-6)14(4)22-27(23,24)15-7-8-19(25-5)18(21)10-15/h7-12,14,22H,1-6H3/t14-/m1/s1. The van der Waals surface area contributed by atoms with Gasteiger partial charge in [0.15, 0.2) is 11.6 Å². The van der Waals surface area contributed by atoms with E-state index in [4.69, 9.17) is 9.47 Å². The Balaban J connectivity index is 2.37. The summed E-state index contributed by atoms with van der Waals surface area (Å²) in [6.07, 6.45) is 0. The molecule has 0 saturated carbocycles. The van der Waals surface area contributed by atoms with Crippen LogP contribution in [0.2, 0.25) is 0 Å². The molecule has 27 heavy (non-hydrogen) atoms. The van der Waals surface area contributed by atoms with Gasteiger partial charge in [0.2, 0.25) is 10.0 Å². The summed E-state index contributed by atoms with van der Waals surface area (Å²) in [4.78, 5) is -0.150. The van der Waals surface area contributed by atoms with Crippen molar-refractivity contribution in [2.24, 2.45) is 0 Å². The largest absolute Gasteiger partial charge is 0.496 e. The third-order valence-corrected chi connectivity index (χ3v) is 6.01. The Kier molecular flexibility index (Phi) is 6.49. The lowest BCUT2D eigenvalue weighted by Gasteiger charge is -2.21. The first-order valence-corrected chi connectivity index (χ1v) is 10.1. The van der Waals surface area contributed by atoms with Gasteiger partial charge in [-0.1, -0.05) is 13.8 Å². The zero-order chi connectivity index (χ0) is 20.4. The van der Waals surface area contributed by atoms with Crippen LogP contribution in [0.15, 0.2) is 35.2 Å². The number of rotatable bonds is 7. The van der Waals surface area contributed by atoms with Crippen LogP contribution in [-0.4, -0.2) is 22.6 Å². The lowest BCUT2D eigenvalue weighted by Crippen LogP contribution is -2.27. The second-order valence-electron chi connectivity index (χ2n) is 6.74. The number of nitrogens with one attached hydrogen (secondary N) is 1. The van der Waals surface area contributed by atoms with Crippen LogP contribution in [0.25, 0.3) is 0 Å². The Hall–Kier alpha value is -2.12. The fourth-order valence-electron chi connectivity index (χ4n) is 2.99. The predicted molar refractivity (Wildman–Crippen MR) is 104 cm³/mol. The third kappa shape index (κ3) is 4.59. The predicted octanol–water partition coefficient (Wildman–Crippen LogP) is 4.31. The number of aryl methyl sites for hydroxylation is 1. The van der Waals surface area contributed by atoms with Gasteiger partial charge in [-0.3, -0.25) is 0 Å². The number of methoxy groups -OCH3 is 2. The van der Waals surface area contributed by atoms with E-state index >= 15 is 0 Å². The number of ether oxygens (including phenoxy) is 2. The molecule has 0 fully saturated rings. The molecule has 0 spiro atoms. The zero-order valence-electron chi connectivity index (χ0n) is 16.5. The number of benzene rings is 2. The van der Waals surface area contributed by atoms with Crippen molar-refractivity contribution in [1.29, 1.82) is 0 Å². The van der Waals surface area contributed by atoms with E-state index in [1.807, 2.05) is 32.9 Å². The Morgan fingerprint density at radius 1 is 0.963 bits per heavy atom. The molecule has 0 aromatic heterocycles. The monoisotopic (exact) mass is 395 g/mol. The summed E-state index contributed by atoms with van der Waals surface area (Å²) < 4.78 is 52.1. The van der Waals surface area contributed by atoms with E-state index in [1.54, 1.807) is 14.0 Å². The van der Waals surface area contributed by atoms with Crippen LogP contribution in [0.4, 0.5) is 4.39 Å². The molecule has 0 radical (unpaired) electrons. The maximum absolute atomic E-state index is 13.9. The average molecular weight is 395 g/mol. The van der Waals surface area contributed by atoms with Crippen molar-refractivity contribution in [3.8, 4) is 11.5 Å². The van der Waals surface area contributed by atoms with E-state index < -0.39 is 21.9 Å². The first-order valence-electron chi connectivity index (χ1n) is 8.65. The molecular weight excluding hydrogens is 369 g/mol. The first kappa shape index (κ1) is 21.2. The second-order valence-corrected chi connectivity index (χ2v) is 8.46. The van der Waals surface area contributed by atoms with Gasteiger partial charge >= 0.3 is 0 Å². The van der Waals surface area contributed by atoms with Crippen molar-refractivity contribution in [1.82, 2.24) is 4.72 Å². The topological polar surface area (TPSA) is 64.6 Å². The quantitative estimate of drug-likeness (QED) is 0.759. The summed E-state index contributed by atoms with van der Waals surface area (Å²) in [5.41, 5.74) is 2.75. The smallest absolute Gasteiger partial charge is 0.241 e. The molecule has 1 atom stereocenters. The number of hydrogen-bond acceptors (Lipinski definition) is 4. The Morgan fingerprint density at radius 2 is 1.59 bits per heavy atom. The molecule has 0 amide bonds. The van der Waals surface area contributed by atoms with Gasteiger partial charge in [0.25, 0.3) is 0 Å². The fraction of sp³-hybridized carbons (Fsp3) is 0.400. The van der Waals surface area contributed by atoms with Gasteiger partial charge in [0.1, 0.15) is 5.75 Å². The summed E-state index contributed by atoms with van der Waals surface area (Å²) in [6, 6.07) is 6.93. The highest BCUT2D eigenvalue weighted by Crippen LogP contribution is 2.32. The highest BCUT2D eigenvalue weighted by Gasteiger charge is 2.22. The number of halogens is 1. The second kappa shape index (κ2) is 8.27. The van der Waals surface area contributed by atoms with E-state index in [-0.39, 0.29) is 16.6 Å². The molecule has 5 nitrogen and oxygen atoms in total. The molecule has 2 rings (SSSR count). The van der Waals surface area contributed by atoms with Gasteiger partial charge in [0.05, 0.1) is 19.1 Å². The molecule has 2 aromatic carbocycles. The highest BCUT2D eigenvalue weighted by molar-refractivity contribution is 7.89. The van der Waals surface area contributed by atoms with Crippen LogP contribution in [0.3, 0.4) is 0 Å². The molecule has 0 aliphatic heterocycles. The minimum atomic E-state index is -3.90. The van der Waals surface area contributed by atoms with Crippen molar-refractivity contribution >= 4 is 10.0 Å². The Bertz CT molecular complexity index is 926. The summed E-state index contributed by atoms with van der Waals surface area (Å²) >= 11 is 0. The van der Waals surface area contributed by atoms with Gasteiger partial charge in [-0.15, -0.1) is 0 Å². The molecule has 148 valence electrons. The molecule has 2 aromatic rings. The molecular formula is C20H26FNO4S. The summed E-state index contributed by atoms with van der Waals surface area (Å²) in [5.74, 6) is 0.266.